The zero-order valence-electron chi connectivity index (χ0n) is 15.3. The summed E-state index contributed by atoms with van der Waals surface area (Å²) in [6, 6.07) is 16.5. The highest BCUT2D eigenvalue weighted by atomic mass is 16.5. The second-order valence-electron chi connectivity index (χ2n) is 6.08. The molecule has 0 saturated carbocycles. The van der Waals surface area contributed by atoms with Gasteiger partial charge in [0.15, 0.2) is 11.3 Å². The number of carbonyl (C=O) groups is 1. The number of methoxy groups -OCH3 is 2. The van der Waals surface area contributed by atoms with Crippen LogP contribution in [-0.2, 0) is 0 Å². The maximum absolute atomic E-state index is 11.4. The van der Waals surface area contributed by atoms with Crippen molar-refractivity contribution in [2.45, 2.75) is 0 Å². The third-order valence-electron chi connectivity index (χ3n) is 4.47. The zero-order chi connectivity index (χ0) is 19.7. The molecule has 0 atom stereocenters. The van der Waals surface area contributed by atoms with Gasteiger partial charge in [-0.3, -0.25) is 0 Å². The number of aromatic carboxylic acids is 1. The van der Waals surface area contributed by atoms with Gasteiger partial charge in [0.1, 0.15) is 11.5 Å². The van der Waals surface area contributed by atoms with Crippen molar-refractivity contribution in [3.63, 3.8) is 0 Å². The molecule has 140 valence electrons. The lowest BCUT2D eigenvalue weighted by Crippen LogP contribution is -2.02. The fourth-order valence-electron chi connectivity index (χ4n) is 3.05. The summed E-state index contributed by atoms with van der Waals surface area (Å²) in [6.07, 6.45) is 1.73. The van der Waals surface area contributed by atoms with E-state index in [0.717, 1.165) is 33.9 Å². The standard InChI is InChI=1S/C21H17N3O4/c1-27-15-7-3-13(4-8-15)17-12-22-19-11-18(21(25)26)23-24(19)20(17)14-5-9-16(28-2)10-6-14/h3-12H,1-2H3,(H,25,26). The maximum atomic E-state index is 11.4. The largest absolute Gasteiger partial charge is 0.497 e. The van der Waals surface area contributed by atoms with Crippen LogP contribution in [0.5, 0.6) is 11.5 Å². The van der Waals surface area contributed by atoms with Gasteiger partial charge < -0.3 is 14.6 Å². The molecule has 0 amide bonds. The number of benzene rings is 2. The van der Waals surface area contributed by atoms with Gasteiger partial charge in [-0.15, -0.1) is 0 Å². The minimum absolute atomic E-state index is 0.0610. The summed E-state index contributed by atoms with van der Waals surface area (Å²) in [5.74, 6) is 0.375. The van der Waals surface area contributed by atoms with Crippen LogP contribution in [0.1, 0.15) is 10.5 Å². The average molecular weight is 375 g/mol. The van der Waals surface area contributed by atoms with E-state index in [-0.39, 0.29) is 5.69 Å². The Bertz CT molecular complexity index is 1150. The molecule has 0 fully saturated rings. The molecule has 7 nitrogen and oxygen atoms in total. The molecule has 1 N–H and O–H groups in total. The van der Waals surface area contributed by atoms with E-state index in [1.54, 1.807) is 24.9 Å². The van der Waals surface area contributed by atoms with Crippen LogP contribution in [0.25, 0.3) is 28.0 Å². The molecule has 4 rings (SSSR count). The zero-order valence-corrected chi connectivity index (χ0v) is 15.3. The molecule has 0 saturated heterocycles. The summed E-state index contributed by atoms with van der Waals surface area (Å²) in [5.41, 5.74) is 3.73. The molecular weight excluding hydrogens is 358 g/mol. The minimum Gasteiger partial charge on any atom is -0.497 e. The summed E-state index contributed by atoms with van der Waals surface area (Å²) >= 11 is 0. The highest BCUT2D eigenvalue weighted by Gasteiger charge is 2.17. The number of nitrogens with zero attached hydrogens (tertiary/aromatic N) is 3. The van der Waals surface area contributed by atoms with Gasteiger partial charge in [0.05, 0.1) is 19.9 Å². The van der Waals surface area contributed by atoms with E-state index in [4.69, 9.17) is 9.47 Å². The summed E-state index contributed by atoms with van der Waals surface area (Å²) in [5, 5.41) is 13.6. The minimum atomic E-state index is -1.10. The van der Waals surface area contributed by atoms with Crippen molar-refractivity contribution in [2.75, 3.05) is 14.2 Å². The molecule has 2 heterocycles. The lowest BCUT2D eigenvalue weighted by atomic mass is 10.0. The van der Waals surface area contributed by atoms with Crippen molar-refractivity contribution in [3.05, 3.63) is 66.5 Å². The number of fused-ring (bicyclic) bond motifs is 1. The fourth-order valence-corrected chi connectivity index (χ4v) is 3.05. The van der Waals surface area contributed by atoms with Crippen molar-refractivity contribution in [1.29, 1.82) is 0 Å². The fraction of sp³-hybridized carbons (Fsp3) is 0.0952. The number of aromatic nitrogens is 3. The number of carboxylic acids is 1. The maximum Gasteiger partial charge on any atom is 0.356 e. The summed E-state index contributed by atoms with van der Waals surface area (Å²) in [6.45, 7) is 0. The molecule has 0 unspecified atom stereocenters. The third-order valence-corrected chi connectivity index (χ3v) is 4.47. The van der Waals surface area contributed by atoms with Crippen LogP contribution in [0.3, 0.4) is 0 Å². The predicted molar refractivity (Wildman–Crippen MR) is 104 cm³/mol. The molecule has 2 aromatic carbocycles. The van der Waals surface area contributed by atoms with Gasteiger partial charge in [-0.2, -0.15) is 5.10 Å². The van der Waals surface area contributed by atoms with Crippen molar-refractivity contribution in [3.8, 4) is 33.9 Å². The Morgan fingerprint density at radius 3 is 2.04 bits per heavy atom. The first-order valence-electron chi connectivity index (χ1n) is 8.51. The Morgan fingerprint density at radius 2 is 1.50 bits per heavy atom. The molecule has 0 radical (unpaired) electrons. The van der Waals surface area contributed by atoms with Gasteiger partial charge in [0, 0.05) is 23.4 Å². The van der Waals surface area contributed by atoms with Crippen molar-refractivity contribution >= 4 is 11.6 Å². The van der Waals surface area contributed by atoms with Gasteiger partial charge in [0.25, 0.3) is 0 Å². The van der Waals surface area contributed by atoms with Crippen LogP contribution in [-0.4, -0.2) is 39.9 Å². The van der Waals surface area contributed by atoms with E-state index in [2.05, 4.69) is 10.1 Å². The molecule has 2 aromatic heterocycles. The van der Waals surface area contributed by atoms with Crippen molar-refractivity contribution in [2.24, 2.45) is 0 Å². The SMILES string of the molecule is COc1ccc(-c2cnc3cc(C(=O)O)nn3c2-c2ccc(OC)cc2)cc1. The Morgan fingerprint density at radius 1 is 0.929 bits per heavy atom. The topological polar surface area (TPSA) is 86.0 Å². The normalized spacial score (nSPS) is 10.8. The molecule has 4 aromatic rings. The highest BCUT2D eigenvalue weighted by molar-refractivity contribution is 5.88. The molecule has 28 heavy (non-hydrogen) atoms. The molecule has 0 aliphatic heterocycles. The average Bonchev–Trinajstić information content (AvgIpc) is 3.18. The number of rotatable bonds is 5. The van der Waals surface area contributed by atoms with E-state index in [0.29, 0.717) is 5.65 Å². The van der Waals surface area contributed by atoms with E-state index in [9.17, 15) is 9.90 Å². The molecular formula is C21H17N3O4. The first-order chi connectivity index (χ1) is 13.6. The molecule has 7 heteroatoms. The van der Waals surface area contributed by atoms with Gasteiger partial charge in [0.2, 0.25) is 0 Å². The molecule has 0 aliphatic rings. The van der Waals surface area contributed by atoms with E-state index in [1.165, 1.54) is 6.07 Å². The van der Waals surface area contributed by atoms with Crippen LogP contribution in [0.15, 0.2) is 60.8 Å². The summed E-state index contributed by atoms with van der Waals surface area (Å²) < 4.78 is 12.0. The van der Waals surface area contributed by atoms with Crippen LogP contribution in [0, 0.1) is 0 Å². The van der Waals surface area contributed by atoms with E-state index < -0.39 is 5.97 Å². The highest BCUT2D eigenvalue weighted by Crippen LogP contribution is 2.33. The number of hydrogen-bond acceptors (Lipinski definition) is 5. The lowest BCUT2D eigenvalue weighted by Gasteiger charge is -2.13. The van der Waals surface area contributed by atoms with Crippen LogP contribution in [0.4, 0.5) is 0 Å². The number of ether oxygens (including phenoxy) is 2. The van der Waals surface area contributed by atoms with E-state index >= 15 is 0 Å². The van der Waals surface area contributed by atoms with Crippen molar-refractivity contribution < 1.29 is 19.4 Å². The van der Waals surface area contributed by atoms with Gasteiger partial charge in [-0.1, -0.05) is 12.1 Å². The van der Waals surface area contributed by atoms with Crippen LogP contribution in [0.2, 0.25) is 0 Å². The monoisotopic (exact) mass is 375 g/mol. The Balaban J connectivity index is 1.98. The number of hydrogen-bond donors (Lipinski definition) is 1. The summed E-state index contributed by atoms with van der Waals surface area (Å²) in [4.78, 5) is 15.8. The lowest BCUT2D eigenvalue weighted by molar-refractivity contribution is 0.0690. The van der Waals surface area contributed by atoms with Crippen molar-refractivity contribution in [1.82, 2.24) is 14.6 Å². The Labute approximate surface area is 160 Å². The van der Waals surface area contributed by atoms with E-state index in [1.807, 2.05) is 48.5 Å². The quantitative estimate of drug-likeness (QED) is 0.571. The Hall–Kier alpha value is -3.87. The molecule has 0 spiro atoms. The first-order valence-corrected chi connectivity index (χ1v) is 8.51. The van der Waals surface area contributed by atoms with Gasteiger partial charge >= 0.3 is 5.97 Å². The third kappa shape index (κ3) is 3.03. The molecule has 0 aliphatic carbocycles. The second kappa shape index (κ2) is 7.03. The number of carboxylic acid groups (broad SMARTS) is 1. The van der Waals surface area contributed by atoms with Crippen LogP contribution < -0.4 is 9.47 Å². The first kappa shape index (κ1) is 17.5. The second-order valence-corrected chi connectivity index (χ2v) is 6.08. The van der Waals surface area contributed by atoms with Gasteiger partial charge in [-0.25, -0.2) is 14.3 Å². The predicted octanol–water partition coefficient (Wildman–Crippen LogP) is 3.78. The van der Waals surface area contributed by atoms with Gasteiger partial charge in [-0.05, 0) is 42.0 Å². The smallest absolute Gasteiger partial charge is 0.356 e. The van der Waals surface area contributed by atoms with Crippen LogP contribution >= 0.6 is 0 Å². The Kier molecular flexibility index (Phi) is 4.41. The molecule has 0 bridgehead atoms. The summed E-state index contributed by atoms with van der Waals surface area (Å²) in [7, 11) is 3.22.